The number of rotatable bonds is 4. The molecule has 0 bridgehead atoms. The zero-order valence-electron chi connectivity index (χ0n) is 11.1. The van der Waals surface area contributed by atoms with Gasteiger partial charge in [0, 0.05) is 17.8 Å². The van der Waals surface area contributed by atoms with E-state index >= 15 is 0 Å². The lowest BCUT2D eigenvalue weighted by molar-refractivity contribution is 0.500. The second kappa shape index (κ2) is 5.83. The smallest absolute Gasteiger partial charge is 0.163 e. The third-order valence-corrected chi connectivity index (χ3v) is 3.08. The molecule has 0 spiro atoms. The average Bonchev–Trinajstić information content (AvgIpc) is 2.40. The van der Waals surface area contributed by atoms with Crippen molar-refractivity contribution in [3.63, 3.8) is 0 Å². The number of benzene rings is 2. The van der Waals surface area contributed by atoms with Gasteiger partial charge in [-0.25, -0.2) is 8.78 Å². The Balaban J connectivity index is 2.17. The van der Waals surface area contributed by atoms with E-state index in [1.807, 2.05) is 24.3 Å². The predicted molar refractivity (Wildman–Crippen MR) is 74.2 cm³/mol. The molecule has 1 N–H and O–H groups in total. The number of anilines is 1. The van der Waals surface area contributed by atoms with E-state index in [1.165, 1.54) is 11.6 Å². The van der Waals surface area contributed by atoms with Gasteiger partial charge in [-0.1, -0.05) is 44.2 Å². The lowest BCUT2D eigenvalue weighted by Gasteiger charge is -2.14. The van der Waals surface area contributed by atoms with Gasteiger partial charge in [0.05, 0.1) is 0 Å². The fraction of sp³-hybridized carbons (Fsp3) is 0.250. The van der Waals surface area contributed by atoms with Crippen molar-refractivity contribution in [2.45, 2.75) is 26.3 Å². The van der Waals surface area contributed by atoms with E-state index < -0.39 is 11.6 Å². The van der Waals surface area contributed by atoms with E-state index in [2.05, 4.69) is 19.2 Å². The Hall–Kier alpha value is -1.90. The van der Waals surface area contributed by atoms with Crippen molar-refractivity contribution in [2.75, 3.05) is 5.32 Å². The van der Waals surface area contributed by atoms with E-state index in [1.54, 1.807) is 6.07 Å². The zero-order chi connectivity index (χ0) is 13.8. The standard InChI is InChI=1S/C16H17F2N/c1-11(2)13-7-3-4-9-15(13)19-10-12-6-5-8-14(17)16(12)18/h3-9,11,19H,10H2,1-2H3. The second-order valence-corrected chi connectivity index (χ2v) is 4.81. The molecule has 0 aliphatic heterocycles. The van der Waals surface area contributed by atoms with Crippen LogP contribution in [-0.2, 0) is 6.54 Å². The maximum Gasteiger partial charge on any atom is 0.163 e. The molecule has 0 unspecified atom stereocenters. The highest BCUT2D eigenvalue weighted by Crippen LogP contribution is 2.24. The highest BCUT2D eigenvalue weighted by molar-refractivity contribution is 5.52. The summed E-state index contributed by atoms with van der Waals surface area (Å²) in [6, 6.07) is 12.1. The van der Waals surface area contributed by atoms with Crippen LogP contribution in [0.2, 0.25) is 0 Å². The quantitative estimate of drug-likeness (QED) is 0.841. The maximum absolute atomic E-state index is 13.5. The van der Waals surface area contributed by atoms with Gasteiger partial charge in [0.2, 0.25) is 0 Å². The van der Waals surface area contributed by atoms with Gasteiger partial charge in [-0.15, -0.1) is 0 Å². The van der Waals surface area contributed by atoms with Crippen LogP contribution < -0.4 is 5.32 Å². The number of para-hydroxylation sites is 1. The molecule has 0 heterocycles. The van der Waals surface area contributed by atoms with Gasteiger partial charge in [-0.05, 0) is 23.6 Å². The molecule has 2 aromatic rings. The fourth-order valence-electron chi connectivity index (χ4n) is 2.04. The first-order valence-corrected chi connectivity index (χ1v) is 6.35. The zero-order valence-corrected chi connectivity index (χ0v) is 11.1. The summed E-state index contributed by atoms with van der Waals surface area (Å²) in [6.45, 7) is 4.47. The Labute approximate surface area is 112 Å². The van der Waals surface area contributed by atoms with Crippen LogP contribution >= 0.6 is 0 Å². The van der Waals surface area contributed by atoms with Crippen molar-refractivity contribution < 1.29 is 8.78 Å². The minimum atomic E-state index is -0.809. The van der Waals surface area contributed by atoms with Crippen molar-refractivity contribution in [1.82, 2.24) is 0 Å². The van der Waals surface area contributed by atoms with Crippen LogP contribution in [0.1, 0.15) is 30.9 Å². The number of halogens is 2. The summed E-state index contributed by atoms with van der Waals surface area (Å²) in [6.07, 6.45) is 0. The molecule has 0 radical (unpaired) electrons. The predicted octanol–water partition coefficient (Wildman–Crippen LogP) is 4.70. The maximum atomic E-state index is 13.5. The molecular formula is C16H17F2N. The number of nitrogens with one attached hydrogen (secondary N) is 1. The first-order valence-electron chi connectivity index (χ1n) is 6.35. The molecule has 0 aliphatic rings. The number of hydrogen-bond donors (Lipinski definition) is 1. The lowest BCUT2D eigenvalue weighted by Crippen LogP contribution is -2.05. The van der Waals surface area contributed by atoms with E-state index in [9.17, 15) is 8.78 Å². The van der Waals surface area contributed by atoms with Crippen molar-refractivity contribution in [1.29, 1.82) is 0 Å². The molecule has 1 nitrogen and oxygen atoms in total. The topological polar surface area (TPSA) is 12.0 Å². The van der Waals surface area contributed by atoms with Gasteiger partial charge in [0.1, 0.15) is 0 Å². The highest BCUT2D eigenvalue weighted by Gasteiger charge is 2.09. The molecular weight excluding hydrogens is 244 g/mol. The molecule has 2 rings (SSSR count). The van der Waals surface area contributed by atoms with Gasteiger partial charge in [-0.3, -0.25) is 0 Å². The molecule has 0 saturated carbocycles. The lowest BCUT2D eigenvalue weighted by atomic mass is 10.0. The van der Waals surface area contributed by atoms with E-state index in [4.69, 9.17) is 0 Å². The van der Waals surface area contributed by atoms with Gasteiger partial charge in [-0.2, -0.15) is 0 Å². The molecule has 2 aromatic carbocycles. The van der Waals surface area contributed by atoms with Crippen molar-refractivity contribution in [3.05, 3.63) is 65.2 Å². The summed E-state index contributed by atoms with van der Waals surface area (Å²) in [4.78, 5) is 0. The Morgan fingerprint density at radius 1 is 1.00 bits per heavy atom. The Kier molecular flexibility index (Phi) is 4.15. The Bertz CT molecular complexity index is 564. The monoisotopic (exact) mass is 261 g/mol. The van der Waals surface area contributed by atoms with Crippen LogP contribution in [0.15, 0.2) is 42.5 Å². The molecule has 100 valence electrons. The molecule has 0 aromatic heterocycles. The van der Waals surface area contributed by atoms with Crippen molar-refractivity contribution in [2.24, 2.45) is 0 Å². The van der Waals surface area contributed by atoms with Crippen LogP contribution in [0.25, 0.3) is 0 Å². The Morgan fingerprint density at radius 3 is 2.47 bits per heavy atom. The molecule has 0 fully saturated rings. The molecule has 0 aliphatic carbocycles. The van der Waals surface area contributed by atoms with Gasteiger partial charge < -0.3 is 5.32 Å². The first kappa shape index (κ1) is 13.5. The molecule has 3 heteroatoms. The van der Waals surface area contributed by atoms with Crippen LogP contribution in [0.3, 0.4) is 0 Å². The summed E-state index contributed by atoms with van der Waals surface area (Å²) in [7, 11) is 0. The molecule has 0 atom stereocenters. The largest absolute Gasteiger partial charge is 0.381 e. The first-order chi connectivity index (χ1) is 9.09. The molecule has 0 saturated heterocycles. The Morgan fingerprint density at radius 2 is 1.74 bits per heavy atom. The van der Waals surface area contributed by atoms with Crippen molar-refractivity contribution >= 4 is 5.69 Å². The van der Waals surface area contributed by atoms with Crippen LogP contribution in [-0.4, -0.2) is 0 Å². The minimum absolute atomic E-state index is 0.271. The number of hydrogen-bond acceptors (Lipinski definition) is 1. The van der Waals surface area contributed by atoms with Crippen LogP contribution in [0, 0.1) is 11.6 Å². The van der Waals surface area contributed by atoms with Crippen LogP contribution in [0.4, 0.5) is 14.5 Å². The summed E-state index contributed by atoms with van der Waals surface area (Å²) in [5, 5.41) is 3.17. The van der Waals surface area contributed by atoms with Crippen LogP contribution in [0.5, 0.6) is 0 Å². The minimum Gasteiger partial charge on any atom is -0.381 e. The average molecular weight is 261 g/mol. The summed E-state index contributed by atoms with van der Waals surface area (Å²) in [5.41, 5.74) is 2.46. The van der Waals surface area contributed by atoms with Gasteiger partial charge in [0.15, 0.2) is 11.6 Å². The molecule has 0 amide bonds. The second-order valence-electron chi connectivity index (χ2n) is 4.81. The SMILES string of the molecule is CC(C)c1ccccc1NCc1cccc(F)c1F. The third kappa shape index (κ3) is 3.11. The van der Waals surface area contributed by atoms with Gasteiger partial charge in [0.25, 0.3) is 0 Å². The molecule has 19 heavy (non-hydrogen) atoms. The fourth-order valence-corrected chi connectivity index (χ4v) is 2.04. The van der Waals surface area contributed by atoms with E-state index in [0.717, 1.165) is 11.8 Å². The summed E-state index contributed by atoms with van der Waals surface area (Å²) < 4.78 is 26.7. The van der Waals surface area contributed by atoms with Gasteiger partial charge >= 0.3 is 0 Å². The third-order valence-electron chi connectivity index (χ3n) is 3.08. The summed E-state index contributed by atoms with van der Waals surface area (Å²) in [5.74, 6) is -1.21. The van der Waals surface area contributed by atoms with Crippen molar-refractivity contribution in [3.8, 4) is 0 Å². The summed E-state index contributed by atoms with van der Waals surface area (Å²) >= 11 is 0. The normalized spacial score (nSPS) is 10.8. The van der Waals surface area contributed by atoms with E-state index in [-0.39, 0.29) is 6.54 Å². The van der Waals surface area contributed by atoms with E-state index in [0.29, 0.717) is 11.5 Å². The highest BCUT2D eigenvalue weighted by atomic mass is 19.2.